The number of carbonyl (C=O) groups is 2. The molecule has 2 heterocycles. The highest BCUT2D eigenvalue weighted by molar-refractivity contribution is 9.11. The van der Waals surface area contributed by atoms with Gasteiger partial charge in [0.1, 0.15) is 18.6 Å². The molecule has 0 aliphatic heterocycles. The maximum absolute atomic E-state index is 13.3. The summed E-state index contributed by atoms with van der Waals surface area (Å²) < 4.78 is 28.4. The molecule has 0 saturated heterocycles. The van der Waals surface area contributed by atoms with Crippen LogP contribution in [0.4, 0.5) is 0 Å². The molecule has 250 valence electrons. The fraction of sp³-hybridized carbons (Fsp3) is 0.486. The van der Waals surface area contributed by atoms with Crippen molar-refractivity contribution in [3.05, 3.63) is 83.2 Å². The molecule has 0 aromatic carbocycles. The van der Waals surface area contributed by atoms with E-state index in [9.17, 15) is 9.59 Å². The van der Waals surface area contributed by atoms with Crippen LogP contribution in [0, 0.1) is 17.3 Å². The van der Waals surface area contributed by atoms with Crippen molar-refractivity contribution in [1.29, 1.82) is 0 Å². The van der Waals surface area contributed by atoms with Gasteiger partial charge in [-0.3, -0.25) is 0 Å². The van der Waals surface area contributed by atoms with Gasteiger partial charge in [-0.25, -0.2) is 19.6 Å². The van der Waals surface area contributed by atoms with Gasteiger partial charge in [-0.15, -0.1) is 0 Å². The van der Waals surface area contributed by atoms with Gasteiger partial charge < -0.3 is 22.7 Å². The van der Waals surface area contributed by atoms with Crippen LogP contribution in [0.25, 0.3) is 12.2 Å². The van der Waals surface area contributed by atoms with E-state index in [0.29, 0.717) is 30.0 Å². The molecule has 0 radical (unpaired) electrons. The van der Waals surface area contributed by atoms with Crippen LogP contribution in [-0.2, 0) is 13.9 Å². The molecule has 1 aliphatic carbocycles. The molecule has 46 heavy (non-hydrogen) atoms. The van der Waals surface area contributed by atoms with Crippen LogP contribution in [-0.4, -0.2) is 49.5 Å². The summed E-state index contributed by atoms with van der Waals surface area (Å²) in [4.78, 5) is 34.8. The monoisotopic (exact) mass is 714 g/mol. The van der Waals surface area contributed by atoms with E-state index in [2.05, 4.69) is 103 Å². The summed E-state index contributed by atoms with van der Waals surface area (Å²) in [5.74, 6) is 0.346. The van der Waals surface area contributed by atoms with Crippen LogP contribution in [0.1, 0.15) is 87.1 Å². The van der Waals surface area contributed by atoms with Crippen molar-refractivity contribution >= 4 is 48.3 Å². The summed E-state index contributed by atoms with van der Waals surface area (Å²) >= 11 is 3.20. The molecule has 2 aromatic heterocycles. The number of hydrogen-bond donors (Lipinski definition) is 0. The number of methoxy groups -OCH3 is 1. The van der Waals surface area contributed by atoms with Crippen LogP contribution < -0.4 is 0 Å². The van der Waals surface area contributed by atoms with Gasteiger partial charge >= 0.3 is 11.9 Å². The molecule has 2 aromatic rings. The second-order valence-electron chi connectivity index (χ2n) is 13.4. The third-order valence-electron chi connectivity index (χ3n) is 8.59. The Kier molecular flexibility index (Phi) is 12.9. The summed E-state index contributed by atoms with van der Waals surface area (Å²) in [6.45, 7) is 17.3. The molecule has 11 heteroatoms. The van der Waals surface area contributed by atoms with Crippen LogP contribution in [0.15, 0.2) is 68.9 Å². The molecule has 0 bridgehead atoms. The molecule has 1 fully saturated rings. The standard InChI is InChI=1S/C35H47BrN2O7Si/c1-10-14-29(45-46(8,9)34(2,3)4)35(5,6)28(44-33(40)27-23-43-31(38-27)19-20-36)17-13-16-25-21-24(25)15-11-12-18-30-37-26(22-42-30)32(39)41-7/h10-16,18-20,22-25,28-29H,17,21H2,1-9H3/b14-10+,15-11+,16-13-,18-12-,20-19-/t24-,25+,28?,29?/m1/s1. The number of halogens is 1. The van der Waals surface area contributed by atoms with Gasteiger partial charge in [0.05, 0.1) is 13.2 Å². The third-order valence-corrected chi connectivity index (χ3v) is 13.3. The van der Waals surface area contributed by atoms with Crippen molar-refractivity contribution in [3.8, 4) is 0 Å². The van der Waals surface area contributed by atoms with Crippen molar-refractivity contribution in [2.45, 2.75) is 84.7 Å². The molecule has 9 nitrogen and oxygen atoms in total. The average molecular weight is 716 g/mol. The van der Waals surface area contributed by atoms with E-state index in [-0.39, 0.29) is 22.5 Å². The highest BCUT2D eigenvalue weighted by Gasteiger charge is 2.46. The second-order valence-corrected chi connectivity index (χ2v) is 18.7. The summed E-state index contributed by atoms with van der Waals surface area (Å²) in [6.07, 6.45) is 20.9. The number of nitrogens with zero attached hydrogens (tertiary/aromatic N) is 2. The van der Waals surface area contributed by atoms with Crippen LogP contribution in [0.5, 0.6) is 0 Å². The van der Waals surface area contributed by atoms with Crippen LogP contribution >= 0.6 is 15.9 Å². The number of allylic oxidation sites excluding steroid dienone is 5. The summed E-state index contributed by atoms with van der Waals surface area (Å²) in [7, 11) is -0.857. The Morgan fingerprint density at radius 3 is 2.20 bits per heavy atom. The summed E-state index contributed by atoms with van der Waals surface area (Å²) in [6, 6.07) is 0. The quantitative estimate of drug-likeness (QED) is 0.0771. The lowest BCUT2D eigenvalue weighted by molar-refractivity contribution is -0.0420. The molecule has 1 aliphatic rings. The molecular weight excluding hydrogens is 668 g/mol. The summed E-state index contributed by atoms with van der Waals surface area (Å²) in [5.41, 5.74) is -0.317. The molecule has 1 saturated carbocycles. The van der Waals surface area contributed by atoms with Gasteiger partial charge in [0.2, 0.25) is 11.8 Å². The number of esters is 2. The predicted octanol–water partition coefficient (Wildman–Crippen LogP) is 9.18. The average Bonchev–Trinajstić information content (AvgIpc) is 3.32. The zero-order valence-electron chi connectivity index (χ0n) is 28.3. The fourth-order valence-corrected chi connectivity index (χ4v) is 6.06. The Labute approximate surface area is 282 Å². The first kappa shape index (κ1) is 37.2. The minimum absolute atomic E-state index is 0.0131. The largest absolute Gasteiger partial charge is 0.464 e. The smallest absolute Gasteiger partial charge is 0.360 e. The Balaban J connectivity index is 1.73. The second kappa shape index (κ2) is 16.0. The minimum Gasteiger partial charge on any atom is -0.464 e. The fourth-order valence-electron chi connectivity index (χ4n) is 4.46. The van der Waals surface area contributed by atoms with Crippen molar-refractivity contribution < 1.29 is 32.3 Å². The maximum Gasteiger partial charge on any atom is 0.360 e. The SMILES string of the molecule is C/C=C/C(O[Si](C)(C)C(C)(C)C)C(C)(C)C(C/C=C\[C@H]1C[C@H]1/C=C/C=C\c1nc(C(=O)OC)co1)OC(=O)c1coc(/C=C\Br)n1. The molecule has 4 atom stereocenters. The number of aromatic nitrogens is 2. The number of ether oxygens (including phenoxy) is 2. The highest BCUT2D eigenvalue weighted by Crippen LogP contribution is 2.43. The predicted molar refractivity (Wildman–Crippen MR) is 186 cm³/mol. The van der Waals surface area contributed by atoms with Gasteiger partial charge in [0.25, 0.3) is 0 Å². The highest BCUT2D eigenvalue weighted by atomic mass is 79.9. The lowest BCUT2D eigenvalue weighted by atomic mass is 9.79. The zero-order valence-corrected chi connectivity index (χ0v) is 30.9. The van der Waals surface area contributed by atoms with Crippen LogP contribution in [0.3, 0.4) is 0 Å². The van der Waals surface area contributed by atoms with Crippen molar-refractivity contribution in [2.24, 2.45) is 17.3 Å². The van der Waals surface area contributed by atoms with Crippen molar-refractivity contribution in [3.63, 3.8) is 0 Å². The maximum atomic E-state index is 13.3. The van der Waals surface area contributed by atoms with E-state index in [1.165, 1.54) is 19.6 Å². The van der Waals surface area contributed by atoms with Gasteiger partial charge in [-0.05, 0) is 48.3 Å². The first-order chi connectivity index (χ1) is 21.6. The van der Waals surface area contributed by atoms with Crippen LogP contribution in [0.2, 0.25) is 18.1 Å². The number of carbonyl (C=O) groups excluding carboxylic acids is 2. The van der Waals surface area contributed by atoms with E-state index in [4.69, 9.17) is 18.0 Å². The van der Waals surface area contributed by atoms with E-state index in [0.717, 1.165) is 6.42 Å². The number of hydrogen-bond acceptors (Lipinski definition) is 9. The molecule has 0 spiro atoms. The Morgan fingerprint density at radius 2 is 1.61 bits per heavy atom. The van der Waals surface area contributed by atoms with Gasteiger partial charge in [0, 0.05) is 24.0 Å². The zero-order chi connectivity index (χ0) is 34.1. The molecular formula is C35H47BrN2O7Si. The Morgan fingerprint density at radius 1 is 1.00 bits per heavy atom. The third kappa shape index (κ3) is 10.1. The van der Waals surface area contributed by atoms with Gasteiger partial charge in [-0.2, -0.15) is 0 Å². The summed E-state index contributed by atoms with van der Waals surface area (Å²) in [5, 5.41) is 0.0131. The normalized spacial score (nSPS) is 19.2. The van der Waals surface area contributed by atoms with Gasteiger partial charge in [0.15, 0.2) is 19.7 Å². The number of rotatable bonds is 15. The molecule has 3 rings (SSSR count). The number of oxazole rings is 2. The van der Waals surface area contributed by atoms with Gasteiger partial charge in [-0.1, -0.05) is 93.1 Å². The van der Waals surface area contributed by atoms with E-state index >= 15 is 0 Å². The van der Waals surface area contributed by atoms with Crippen molar-refractivity contribution in [1.82, 2.24) is 9.97 Å². The Bertz CT molecular complexity index is 1480. The molecule has 0 amide bonds. The lowest BCUT2D eigenvalue weighted by Crippen LogP contribution is -2.51. The lowest BCUT2D eigenvalue weighted by Gasteiger charge is -2.45. The first-order valence-electron chi connectivity index (χ1n) is 15.4. The first-order valence-corrected chi connectivity index (χ1v) is 19.2. The molecule has 0 N–H and O–H groups in total. The Hall–Kier alpha value is -3.28. The van der Waals surface area contributed by atoms with E-state index < -0.39 is 31.8 Å². The van der Waals surface area contributed by atoms with E-state index in [1.807, 2.05) is 25.2 Å². The topological polar surface area (TPSA) is 114 Å². The minimum atomic E-state index is -2.16. The molecule has 2 unspecified atom stereocenters. The van der Waals surface area contributed by atoms with E-state index in [1.54, 1.807) is 17.1 Å². The van der Waals surface area contributed by atoms with Crippen molar-refractivity contribution in [2.75, 3.05) is 7.11 Å².